The van der Waals surface area contributed by atoms with Gasteiger partial charge in [0.15, 0.2) is 0 Å². The minimum absolute atomic E-state index is 0.125. The first kappa shape index (κ1) is 20.5. The predicted molar refractivity (Wildman–Crippen MR) is 118 cm³/mol. The van der Waals surface area contributed by atoms with Crippen LogP contribution in [0.2, 0.25) is 5.02 Å². The largest absolute Gasteiger partial charge is 0.465 e. The van der Waals surface area contributed by atoms with E-state index in [1.165, 1.54) is 4.90 Å². The van der Waals surface area contributed by atoms with E-state index in [1.54, 1.807) is 19.2 Å². The van der Waals surface area contributed by atoms with E-state index in [2.05, 4.69) is 9.88 Å². The lowest BCUT2D eigenvalue weighted by atomic mass is 9.78. The number of para-hydroxylation sites is 1. The second kappa shape index (κ2) is 8.14. The molecule has 2 aliphatic heterocycles. The van der Waals surface area contributed by atoms with Gasteiger partial charge in [-0.3, -0.25) is 9.69 Å². The molecule has 158 valence electrons. The first-order valence-corrected chi connectivity index (χ1v) is 10.6. The number of hydrogen-bond acceptors (Lipinski definition) is 4. The van der Waals surface area contributed by atoms with Crippen molar-refractivity contribution in [2.45, 2.75) is 26.2 Å². The van der Waals surface area contributed by atoms with Crippen LogP contribution in [0.25, 0.3) is 0 Å². The second-order valence-corrected chi connectivity index (χ2v) is 8.27. The Morgan fingerprint density at radius 2 is 2.03 bits per heavy atom. The molecule has 0 radical (unpaired) electrons. The van der Waals surface area contributed by atoms with E-state index >= 15 is 0 Å². The maximum absolute atomic E-state index is 13.4. The van der Waals surface area contributed by atoms with Crippen molar-refractivity contribution in [1.29, 1.82) is 0 Å². The molecular formula is C22H25ClN4O3. The number of rotatable bonds is 4. The number of pyridine rings is 1. The zero-order chi connectivity index (χ0) is 21.3. The van der Waals surface area contributed by atoms with Gasteiger partial charge < -0.3 is 14.9 Å². The highest BCUT2D eigenvalue weighted by Gasteiger charge is 2.49. The average Bonchev–Trinajstić information content (AvgIpc) is 3.05. The zero-order valence-electron chi connectivity index (χ0n) is 16.9. The third-order valence-corrected chi connectivity index (χ3v) is 6.47. The van der Waals surface area contributed by atoms with Gasteiger partial charge in [-0.25, -0.2) is 9.78 Å². The number of halogens is 1. The molecule has 0 aliphatic carbocycles. The molecule has 2 amide bonds. The number of carbonyl (C=O) groups excluding carboxylic acids is 1. The molecule has 2 saturated heterocycles. The Kier molecular flexibility index (Phi) is 5.56. The Labute approximate surface area is 180 Å². The number of benzene rings is 1. The topological polar surface area (TPSA) is 77.0 Å². The Hall–Kier alpha value is -2.80. The summed E-state index contributed by atoms with van der Waals surface area (Å²) in [5, 5.41) is 9.88. The third kappa shape index (κ3) is 3.58. The van der Waals surface area contributed by atoms with Crippen LogP contribution in [0.1, 0.15) is 26.2 Å². The number of amides is 2. The highest BCUT2D eigenvalue weighted by molar-refractivity contribution is 6.34. The summed E-state index contributed by atoms with van der Waals surface area (Å²) in [4.78, 5) is 34.4. The molecule has 1 atom stereocenters. The van der Waals surface area contributed by atoms with E-state index < -0.39 is 11.5 Å². The number of aromatic nitrogens is 1. The number of carboxylic acid groups (broad SMARTS) is 1. The molecule has 1 aromatic heterocycles. The molecule has 1 N–H and O–H groups in total. The summed E-state index contributed by atoms with van der Waals surface area (Å²) in [5.41, 5.74) is 0.880. The van der Waals surface area contributed by atoms with Crippen LogP contribution in [0, 0.1) is 5.41 Å². The van der Waals surface area contributed by atoms with E-state index in [-0.39, 0.29) is 5.91 Å². The maximum Gasteiger partial charge on any atom is 0.411 e. The Morgan fingerprint density at radius 3 is 2.70 bits per heavy atom. The van der Waals surface area contributed by atoms with Crippen molar-refractivity contribution in [3.05, 3.63) is 47.6 Å². The highest BCUT2D eigenvalue weighted by Crippen LogP contribution is 2.43. The molecular weight excluding hydrogens is 404 g/mol. The summed E-state index contributed by atoms with van der Waals surface area (Å²) < 4.78 is 0. The van der Waals surface area contributed by atoms with Crippen LogP contribution >= 0.6 is 11.6 Å². The van der Waals surface area contributed by atoms with Gasteiger partial charge in [0.05, 0.1) is 28.0 Å². The van der Waals surface area contributed by atoms with Gasteiger partial charge in [-0.1, -0.05) is 23.7 Å². The van der Waals surface area contributed by atoms with E-state index in [0.29, 0.717) is 30.3 Å². The van der Waals surface area contributed by atoms with Crippen molar-refractivity contribution in [2.24, 2.45) is 5.41 Å². The molecule has 2 aromatic rings. The molecule has 1 aromatic carbocycles. The lowest BCUT2D eigenvalue weighted by molar-refractivity contribution is -0.126. The molecule has 8 heteroatoms. The van der Waals surface area contributed by atoms with E-state index in [0.717, 1.165) is 37.3 Å². The maximum atomic E-state index is 13.4. The van der Waals surface area contributed by atoms with Crippen molar-refractivity contribution in [2.75, 3.05) is 40.9 Å². The van der Waals surface area contributed by atoms with Crippen LogP contribution < -0.4 is 14.7 Å². The second-order valence-electron chi connectivity index (χ2n) is 7.87. The molecule has 7 nitrogen and oxygen atoms in total. The molecule has 0 bridgehead atoms. The molecule has 2 aliphatic rings. The van der Waals surface area contributed by atoms with Crippen molar-refractivity contribution in [1.82, 2.24) is 4.98 Å². The zero-order valence-corrected chi connectivity index (χ0v) is 17.7. The van der Waals surface area contributed by atoms with Crippen LogP contribution in [0.15, 0.2) is 42.6 Å². The summed E-state index contributed by atoms with van der Waals surface area (Å²) >= 11 is 6.34. The minimum atomic E-state index is -1.000. The Morgan fingerprint density at radius 1 is 1.23 bits per heavy atom. The summed E-state index contributed by atoms with van der Waals surface area (Å²) in [5.74, 6) is 0.892. The first-order valence-electron chi connectivity index (χ1n) is 10.2. The molecule has 0 unspecified atom stereocenters. The van der Waals surface area contributed by atoms with E-state index in [4.69, 9.17) is 11.6 Å². The van der Waals surface area contributed by atoms with Crippen LogP contribution in [0.5, 0.6) is 0 Å². The number of piperidine rings is 1. The highest BCUT2D eigenvalue weighted by atomic mass is 35.5. The van der Waals surface area contributed by atoms with Crippen molar-refractivity contribution in [3.8, 4) is 0 Å². The fourth-order valence-electron chi connectivity index (χ4n) is 4.58. The summed E-state index contributed by atoms with van der Waals surface area (Å²) in [7, 11) is 0. The van der Waals surface area contributed by atoms with Crippen LogP contribution in [-0.4, -0.2) is 48.3 Å². The number of hydrogen-bond donors (Lipinski definition) is 1. The van der Waals surface area contributed by atoms with E-state index in [1.807, 2.05) is 35.2 Å². The summed E-state index contributed by atoms with van der Waals surface area (Å²) in [6, 6.07) is 11.1. The molecule has 30 heavy (non-hydrogen) atoms. The van der Waals surface area contributed by atoms with Crippen molar-refractivity contribution in [3.63, 3.8) is 0 Å². The van der Waals surface area contributed by atoms with Gasteiger partial charge in [0.2, 0.25) is 5.91 Å². The predicted octanol–water partition coefficient (Wildman–Crippen LogP) is 4.26. The van der Waals surface area contributed by atoms with Crippen LogP contribution in [-0.2, 0) is 4.79 Å². The molecule has 2 fully saturated rings. The quantitative estimate of drug-likeness (QED) is 0.787. The van der Waals surface area contributed by atoms with Gasteiger partial charge in [-0.2, -0.15) is 0 Å². The average molecular weight is 429 g/mol. The lowest BCUT2D eigenvalue weighted by Crippen LogP contribution is -2.48. The first-order chi connectivity index (χ1) is 14.4. The van der Waals surface area contributed by atoms with Crippen molar-refractivity contribution < 1.29 is 14.7 Å². The Bertz CT molecular complexity index is 952. The minimum Gasteiger partial charge on any atom is -0.465 e. The molecule has 4 rings (SSSR count). The Balaban J connectivity index is 1.53. The van der Waals surface area contributed by atoms with Gasteiger partial charge in [-0.05, 0) is 50.5 Å². The van der Waals surface area contributed by atoms with Crippen LogP contribution in [0.3, 0.4) is 0 Å². The SMILES string of the molecule is CCN(C(=O)O)c1ccc(N2CCC[C@]3(CCN(c4ccccc4Cl)C3=O)C2)nc1. The van der Waals surface area contributed by atoms with Gasteiger partial charge in [0.1, 0.15) is 5.82 Å². The number of nitrogens with zero attached hydrogens (tertiary/aromatic N) is 4. The summed E-state index contributed by atoms with van der Waals surface area (Å²) in [6.45, 7) is 4.23. The fourth-order valence-corrected chi connectivity index (χ4v) is 4.82. The van der Waals surface area contributed by atoms with Crippen molar-refractivity contribution >= 4 is 40.8 Å². The third-order valence-electron chi connectivity index (χ3n) is 6.15. The van der Waals surface area contributed by atoms with Gasteiger partial charge in [0, 0.05) is 26.2 Å². The number of anilines is 3. The van der Waals surface area contributed by atoms with Gasteiger partial charge in [0.25, 0.3) is 0 Å². The standard InChI is InChI=1S/C22H25ClN4O3/c1-2-26(21(29)30)16-8-9-19(24-14-16)25-12-5-10-22(15-25)11-13-27(20(22)28)18-7-4-3-6-17(18)23/h3-4,6-9,14H,2,5,10-13,15H2,1H3,(H,29,30)/t22-/m0/s1. The smallest absolute Gasteiger partial charge is 0.411 e. The van der Waals surface area contributed by atoms with Gasteiger partial charge in [-0.15, -0.1) is 0 Å². The molecule has 1 spiro atoms. The number of carbonyl (C=O) groups is 2. The van der Waals surface area contributed by atoms with Gasteiger partial charge >= 0.3 is 6.09 Å². The molecule has 0 saturated carbocycles. The molecule has 3 heterocycles. The van der Waals surface area contributed by atoms with Crippen LogP contribution in [0.4, 0.5) is 22.0 Å². The lowest BCUT2D eigenvalue weighted by Gasteiger charge is -2.39. The normalized spacial score (nSPS) is 21.3. The monoisotopic (exact) mass is 428 g/mol. The summed E-state index contributed by atoms with van der Waals surface area (Å²) in [6.07, 6.45) is 3.13. The fraction of sp³-hybridized carbons (Fsp3) is 0.409. The van der Waals surface area contributed by atoms with E-state index in [9.17, 15) is 14.7 Å².